The lowest BCUT2D eigenvalue weighted by atomic mass is 10.4. The highest BCUT2D eigenvalue weighted by molar-refractivity contribution is 6.51. The molecular formula is C11H25AlO2. The summed E-state index contributed by atoms with van der Waals surface area (Å²) in [6.45, 7) is 6.48. The third kappa shape index (κ3) is 7.82. The molecule has 0 aliphatic rings. The molecule has 0 heterocycles. The van der Waals surface area contributed by atoms with E-state index in [4.69, 9.17) is 8.53 Å². The highest BCUT2D eigenvalue weighted by Gasteiger charge is 2.21. The predicted octanol–water partition coefficient (Wildman–Crippen LogP) is 3.59. The maximum atomic E-state index is 5.92. The third-order valence-corrected chi connectivity index (χ3v) is 5.35. The van der Waals surface area contributed by atoms with Gasteiger partial charge in [-0.05, 0) is 6.92 Å². The van der Waals surface area contributed by atoms with Gasteiger partial charge >= 0.3 is 14.5 Å². The molecule has 0 fully saturated rings. The predicted molar refractivity (Wildman–Crippen MR) is 62.7 cm³/mol. The van der Waals surface area contributed by atoms with Crippen molar-refractivity contribution in [1.29, 1.82) is 0 Å². The fourth-order valence-corrected chi connectivity index (χ4v) is 4.41. The quantitative estimate of drug-likeness (QED) is 0.433. The number of unbranched alkanes of at least 4 members (excludes halogenated alkanes) is 2. The second kappa shape index (κ2) is 9.99. The van der Waals surface area contributed by atoms with Crippen LogP contribution in [-0.2, 0) is 8.53 Å². The van der Waals surface area contributed by atoms with E-state index in [0.29, 0.717) is 0 Å². The molecule has 0 radical (unpaired) electrons. The molecule has 0 saturated heterocycles. The van der Waals surface area contributed by atoms with Crippen LogP contribution < -0.4 is 0 Å². The van der Waals surface area contributed by atoms with Crippen LogP contribution in [0.3, 0.4) is 0 Å². The van der Waals surface area contributed by atoms with Crippen LogP contribution in [0.2, 0.25) is 10.6 Å². The fraction of sp³-hybridized carbons (Fsp3) is 1.00. The van der Waals surface area contributed by atoms with Crippen LogP contribution >= 0.6 is 0 Å². The Kier molecular flexibility index (Phi) is 10.3. The summed E-state index contributed by atoms with van der Waals surface area (Å²) in [7, 11) is 1.72. The number of rotatable bonds is 9. The van der Waals surface area contributed by atoms with Gasteiger partial charge in [0.15, 0.2) is 0 Å². The van der Waals surface area contributed by atoms with Crippen LogP contribution in [0.5, 0.6) is 0 Å². The van der Waals surface area contributed by atoms with Crippen LogP contribution in [0.1, 0.15) is 46.5 Å². The van der Waals surface area contributed by atoms with Crippen molar-refractivity contribution in [2.75, 3.05) is 7.11 Å². The second-order valence-corrected chi connectivity index (χ2v) is 6.52. The van der Waals surface area contributed by atoms with Gasteiger partial charge in [0, 0.05) is 7.11 Å². The molecule has 84 valence electrons. The minimum atomic E-state index is -0.970. The zero-order valence-corrected chi connectivity index (χ0v) is 11.4. The van der Waals surface area contributed by atoms with Crippen LogP contribution in [0, 0.1) is 0 Å². The normalized spacial score (nSPS) is 12.9. The van der Waals surface area contributed by atoms with Gasteiger partial charge in [0.25, 0.3) is 0 Å². The van der Waals surface area contributed by atoms with E-state index in [2.05, 4.69) is 13.8 Å². The Labute approximate surface area is 93.7 Å². The molecule has 1 unspecified atom stereocenters. The highest BCUT2D eigenvalue weighted by Crippen LogP contribution is 2.13. The van der Waals surface area contributed by atoms with Gasteiger partial charge in [-0.25, -0.2) is 0 Å². The van der Waals surface area contributed by atoms with Crippen molar-refractivity contribution in [2.24, 2.45) is 0 Å². The molecule has 1 atom stereocenters. The van der Waals surface area contributed by atoms with Crippen LogP contribution in [0.15, 0.2) is 0 Å². The van der Waals surface area contributed by atoms with Crippen molar-refractivity contribution < 1.29 is 8.53 Å². The van der Waals surface area contributed by atoms with Gasteiger partial charge in [0.05, 0.1) is 0 Å². The summed E-state index contributed by atoms with van der Waals surface area (Å²) in [6, 6.07) is 0. The average molecular weight is 216 g/mol. The van der Waals surface area contributed by atoms with Gasteiger partial charge in [-0.1, -0.05) is 50.1 Å². The van der Waals surface area contributed by atoms with Crippen LogP contribution in [-0.4, -0.2) is 27.9 Å². The molecule has 2 nitrogen and oxygen atoms in total. The van der Waals surface area contributed by atoms with E-state index in [1.54, 1.807) is 7.11 Å². The SMILES string of the molecule is CCC[CH2][Al]([CH2]CCC)[O]C(C)OC. The second-order valence-electron chi connectivity index (χ2n) is 3.85. The third-order valence-electron chi connectivity index (χ3n) is 2.48. The minimum Gasteiger partial charge on any atom is -0.478 e. The van der Waals surface area contributed by atoms with Crippen LogP contribution in [0.4, 0.5) is 0 Å². The zero-order valence-electron chi connectivity index (χ0n) is 10.2. The summed E-state index contributed by atoms with van der Waals surface area (Å²) in [5.41, 5.74) is 0. The van der Waals surface area contributed by atoms with Gasteiger partial charge < -0.3 is 8.53 Å². The summed E-state index contributed by atoms with van der Waals surface area (Å²) >= 11 is -0.970. The molecule has 0 aromatic heterocycles. The van der Waals surface area contributed by atoms with E-state index in [1.807, 2.05) is 6.92 Å². The van der Waals surface area contributed by atoms with E-state index in [9.17, 15) is 0 Å². The number of ether oxygens (including phenoxy) is 1. The van der Waals surface area contributed by atoms with E-state index >= 15 is 0 Å². The first-order valence-corrected chi connectivity index (χ1v) is 8.03. The van der Waals surface area contributed by atoms with Gasteiger partial charge in [-0.15, -0.1) is 0 Å². The largest absolute Gasteiger partial charge is 0.478 e. The molecule has 14 heavy (non-hydrogen) atoms. The van der Waals surface area contributed by atoms with E-state index in [-0.39, 0.29) is 6.29 Å². The molecule has 0 aliphatic heterocycles. The van der Waals surface area contributed by atoms with E-state index in [0.717, 1.165) is 0 Å². The Morgan fingerprint density at radius 3 is 1.93 bits per heavy atom. The fourth-order valence-electron chi connectivity index (χ4n) is 1.47. The number of hydrogen-bond acceptors (Lipinski definition) is 2. The Morgan fingerprint density at radius 2 is 1.57 bits per heavy atom. The lowest BCUT2D eigenvalue weighted by Crippen LogP contribution is -2.24. The van der Waals surface area contributed by atoms with Crippen molar-refractivity contribution in [3.05, 3.63) is 0 Å². The molecule has 3 heteroatoms. The lowest BCUT2D eigenvalue weighted by molar-refractivity contribution is -0.0417. The first kappa shape index (κ1) is 14.5. The molecule has 0 aromatic carbocycles. The smallest absolute Gasteiger partial charge is 0.462 e. The van der Waals surface area contributed by atoms with Crippen molar-refractivity contribution in [3.8, 4) is 0 Å². The monoisotopic (exact) mass is 216 g/mol. The summed E-state index contributed by atoms with van der Waals surface area (Å²) in [4.78, 5) is 0. The Morgan fingerprint density at radius 1 is 1.07 bits per heavy atom. The Hall–Kier alpha value is 0.452. The minimum absolute atomic E-state index is 0.000351. The summed E-state index contributed by atoms with van der Waals surface area (Å²) in [5.74, 6) is 0. The molecule has 0 aliphatic carbocycles. The molecule has 0 bridgehead atoms. The van der Waals surface area contributed by atoms with E-state index in [1.165, 1.54) is 36.2 Å². The molecule has 0 N–H and O–H groups in total. The summed E-state index contributed by atoms with van der Waals surface area (Å²) < 4.78 is 11.1. The standard InChI is InChI=1S/2C4H9.C3H7O2.Al/c2*1-3-4-2;1-3(4)5-2;/h2*1,3-4H2,2H3;3H,1-2H3;/q;;-1;+1. The molecular weight excluding hydrogens is 191 g/mol. The molecule has 0 amide bonds. The molecule has 0 saturated carbocycles. The maximum absolute atomic E-state index is 5.92. The van der Waals surface area contributed by atoms with Crippen molar-refractivity contribution in [1.82, 2.24) is 0 Å². The van der Waals surface area contributed by atoms with Crippen LogP contribution in [0.25, 0.3) is 0 Å². The molecule has 0 rings (SSSR count). The van der Waals surface area contributed by atoms with Crippen molar-refractivity contribution in [2.45, 2.75) is 63.3 Å². The first-order valence-electron chi connectivity index (χ1n) is 5.92. The zero-order chi connectivity index (χ0) is 10.8. The summed E-state index contributed by atoms with van der Waals surface area (Å²) in [5, 5.41) is 2.62. The molecule has 0 aromatic rings. The highest BCUT2D eigenvalue weighted by atomic mass is 27.2. The number of methoxy groups -OCH3 is 1. The average Bonchev–Trinajstić information content (AvgIpc) is 2.21. The topological polar surface area (TPSA) is 18.5 Å². The van der Waals surface area contributed by atoms with Crippen molar-refractivity contribution >= 4 is 14.5 Å². The lowest BCUT2D eigenvalue weighted by Gasteiger charge is -2.18. The van der Waals surface area contributed by atoms with E-state index < -0.39 is 14.5 Å². The first-order chi connectivity index (χ1) is 6.74. The Bertz CT molecular complexity index is 112. The Balaban J connectivity index is 3.71. The number of hydrogen-bond donors (Lipinski definition) is 0. The van der Waals surface area contributed by atoms with Gasteiger partial charge in [0.2, 0.25) is 0 Å². The molecule has 0 spiro atoms. The van der Waals surface area contributed by atoms with Gasteiger partial charge in [-0.2, -0.15) is 0 Å². The van der Waals surface area contributed by atoms with Crippen molar-refractivity contribution in [3.63, 3.8) is 0 Å². The summed E-state index contributed by atoms with van der Waals surface area (Å²) in [6.07, 6.45) is 5.19. The van der Waals surface area contributed by atoms with Gasteiger partial charge in [0.1, 0.15) is 6.29 Å². The van der Waals surface area contributed by atoms with Gasteiger partial charge in [-0.3, -0.25) is 0 Å². The maximum Gasteiger partial charge on any atom is 0.462 e.